The lowest BCUT2D eigenvalue weighted by atomic mass is 9.88. The molecule has 0 saturated heterocycles. The molecule has 4 rings (SSSR count). The van der Waals surface area contributed by atoms with E-state index in [1.807, 2.05) is 12.1 Å². The van der Waals surface area contributed by atoms with E-state index in [0.717, 1.165) is 12.3 Å². The normalized spacial score (nSPS) is 27.0. The first kappa shape index (κ1) is 12.5. The SMILES string of the molecule is O=C(Nc1cccnc1-n1cncn1)C1CC2CCC1C2. The molecule has 1 amide bonds. The molecule has 2 aromatic heterocycles. The lowest BCUT2D eigenvalue weighted by Gasteiger charge is -2.21. The van der Waals surface area contributed by atoms with Gasteiger partial charge in [-0.25, -0.2) is 14.6 Å². The third-order valence-corrected chi connectivity index (χ3v) is 4.76. The number of carbonyl (C=O) groups excluding carboxylic acids is 1. The van der Waals surface area contributed by atoms with E-state index >= 15 is 0 Å². The van der Waals surface area contributed by atoms with Crippen LogP contribution in [0.15, 0.2) is 31.0 Å². The van der Waals surface area contributed by atoms with Crippen LogP contribution in [0, 0.1) is 17.8 Å². The fourth-order valence-corrected chi connectivity index (χ4v) is 3.79. The van der Waals surface area contributed by atoms with Crippen LogP contribution in [0.2, 0.25) is 0 Å². The van der Waals surface area contributed by atoms with Crippen molar-refractivity contribution >= 4 is 11.6 Å². The second-order valence-corrected chi connectivity index (χ2v) is 5.99. The standard InChI is InChI=1S/C15H17N5O/c21-15(12-7-10-3-4-11(12)6-10)19-13-2-1-5-17-14(13)20-9-16-8-18-20/h1-2,5,8-12H,3-4,6-7H2,(H,19,21). The molecular formula is C15H17N5O. The zero-order valence-electron chi connectivity index (χ0n) is 11.6. The van der Waals surface area contributed by atoms with E-state index in [2.05, 4.69) is 20.4 Å². The maximum absolute atomic E-state index is 12.5. The molecule has 2 saturated carbocycles. The Morgan fingerprint density at radius 2 is 2.29 bits per heavy atom. The first-order valence-corrected chi connectivity index (χ1v) is 7.42. The highest BCUT2D eigenvalue weighted by Crippen LogP contribution is 2.48. The van der Waals surface area contributed by atoms with Gasteiger partial charge < -0.3 is 5.32 Å². The number of anilines is 1. The molecular weight excluding hydrogens is 266 g/mol. The van der Waals surface area contributed by atoms with E-state index in [9.17, 15) is 4.79 Å². The van der Waals surface area contributed by atoms with Gasteiger partial charge in [0.2, 0.25) is 5.91 Å². The topological polar surface area (TPSA) is 72.7 Å². The maximum Gasteiger partial charge on any atom is 0.227 e. The molecule has 0 spiro atoms. The van der Waals surface area contributed by atoms with Crippen molar-refractivity contribution in [3.05, 3.63) is 31.0 Å². The molecule has 21 heavy (non-hydrogen) atoms. The van der Waals surface area contributed by atoms with Crippen molar-refractivity contribution in [3.8, 4) is 5.82 Å². The number of rotatable bonds is 3. The van der Waals surface area contributed by atoms with Gasteiger partial charge in [0.15, 0.2) is 5.82 Å². The third-order valence-electron chi connectivity index (χ3n) is 4.76. The van der Waals surface area contributed by atoms with Gasteiger partial charge in [0, 0.05) is 12.1 Å². The Kier molecular flexibility index (Phi) is 2.94. The van der Waals surface area contributed by atoms with Crippen molar-refractivity contribution in [1.82, 2.24) is 19.7 Å². The molecule has 1 N–H and O–H groups in total. The molecule has 6 heteroatoms. The van der Waals surface area contributed by atoms with E-state index in [-0.39, 0.29) is 11.8 Å². The lowest BCUT2D eigenvalue weighted by Crippen LogP contribution is -2.27. The summed E-state index contributed by atoms with van der Waals surface area (Å²) in [5.74, 6) is 2.21. The van der Waals surface area contributed by atoms with Gasteiger partial charge in [-0.05, 0) is 43.2 Å². The Hall–Kier alpha value is -2.24. The number of nitrogens with zero attached hydrogens (tertiary/aromatic N) is 4. The average Bonchev–Trinajstić information content (AvgIpc) is 3.25. The fourth-order valence-electron chi connectivity index (χ4n) is 3.79. The molecule has 2 aliphatic rings. The zero-order chi connectivity index (χ0) is 14.2. The van der Waals surface area contributed by atoms with Crippen LogP contribution in [-0.4, -0.2) is 25.7 Å². The van der Waals surface area contributed by atoms with Gasteiger partial charge in [0.25, 0.3) is 0 Å². The largest absolute Gasteiger partial charge is 0.323 e. The Balaban J connectivity index is 1.56. The Labute approximate surface area is 122 Å². The highest BCUT2D eigenvalue weighted by molar-refractivity contribution is 5.94. The number of pyridine rings is 1. The summed E-state index contributed by atoms with van der Waals surface area (Å²) in [5.41, 5.74) is 0.691. The van der Waals surface area contributed by atoms with E-state index in [0.29, 0.717) is 17.4 Å². The summed E-state index contributed by atoms with van der Waals surface area (Å²) >= 11 is 0. The van der Waals surface area contributed by atoms with Gasteiger partial charge in [0.1, 0.15) is 12.7 Å². The molecule has 2 aromatic rings. The average molecular weight is 283 g/mol. The lowest BCUT2D eigenvalue weighted by molar-refractivity contribution is -0.121. The Morgan fingerprint density at radius 3 is 3.00 bits per heavy atom. The molecule has 3 unspecified atom stereocenters. The van der Waals surface area contributed by atoms with E-state index < -0.39 is 0 Å². The van der Waals surface area contributed by atoms with Crippen molar-refractivity contribution < 1.29 is 4.79 Å². The maximum atomic E-state index is 12.5. The van der Waals surface area contributed by atoms with Crippen molar-refractivity contribution in [2.75, 3.05) is 5.32 Å². The number of amides is 1. The third kappa shape index (κ3) is 2.20. The van der Waals surface area contributed by atoms with Crippen molar-refractivity contribution in [2.24, 2.45) is 17.8 Å². The van der Waals surface area contributed by atoms with Gasteiger partial charge in [-0.1, -0.05) is 6.42 Å². The minimum absolute atomic E-state index is 0.122. The minimum Gasteiger partial charge on any atom is -0.323 e. The summed E-state index contributed by atoms with van der Waals surface area (Å²) < 4.78 is 1.57. The van der Waals surface area contributed by atoms with Crippen molar-refractivity contribution in [3.63, 3.8) is 0 Å². The molecule has 0 radical (unpaired) electrons. The Bertz CT molecular complexity index is 654. The molecule has 0 aromatic carbocycles. The smallest absolute Gasteiger partial charge is 0.227 e. The summed E-state index contributed by atoms with van der Waals surface area (Å²) in [6.45, 7) is 0. The summed E-state index contributed by atoms with van der Waals surface area (Å²) in [6, 6.07) is 3.67. The molecule has 6 nitrogen and oxygen atoms in total. The zero-order valence-corrected chi connectivity index (χ0v) is 11.6. The van der Waals surface area contributed by atoms with Crippen LogP contribution in [0.3, 0.4) is 0 Å². The van der Waals surface area contributed by atoms with Crippen LogP contribution in [0.4, 0.5) is 5.69 Å². The predicted octanol–water partition coefficient (Wildman–Crippen LogP) is 2.04. The monoisotopic (exact) mass is 283 g/mol. The first-order chi connectivity index (χ1) is 10.3. The summed E-state index contributed by atoms with van der Waals surface area (Å²) in [6.07, 6.45) is 9.48. The number of hydrogen-bond acceptors (Lipinski definition) is 4. The van der Waals surface area contributed by atoms with Gasteiger partial charge in [-0.2, -0.15) is 5.10 Å². The van der Waals surface area contributed by atoms with Crippen LogP contribution in [0.5, 0.6) is 0 Å². The number of fused-ring (bicyclic) bond motifs is 2. The molecule has 2 fully saturated rings. The van der Waals surface area contributed by atoms with Crippen LogP contribution in [0.25, 0.3) is 5.82 Å². The second-order valence-electron chi connectivity index (χ2n) is 5.99. The van der Waals surface area contributed by atoms with Gasteiger partial charge in [-0.15, -0.1) is 0 Å². The minimum atomic E-state index is 0.122. The van der Waals surface area contributed by atoms with Crippen LogP contribution in [0.1, 0.15) is 25.7 Å². The number of carbonyl (C=O) groups is 1. The highest BCUT2D eigenvalue weighted by Gasteiger charge is 2.43. The molecule has 2 aliphatic carbocycles. The first-order valence-electron chi connectivity index (χ1n) is 7.42. The number of nitrogens with one attached hydrogen (secondary N) is 1. The molecule has 2 heterocycles. The van der Waals surface area contributed by atoms with E-state index in [4.69, 9.17) is 0 Å². The van der Waals surface area contributed by atoms with Crippen molar-refractivity contribution in [2.45, 2.75) is 25.7 Å². The molecule has 108 valence electrons. The second kappa shape index (κ2) is 4.95. The molecule has 0 aliphatic heterocycles. The summed E-state index contributed by atoms with van der Waals surface area (Å²) in [5, 5.41) is 7.12. The van der Waals surface area contributed by atoms with E-state index in [1.165, 1.54) is 25.6 Å². The van der Waals surface area contributed by atoms with E-state index in [1.54, 1.807) is 17.2 Å². The number of aromatic nitrogens is 4. The predicted molar refractivity (Wildman–Crippen MR) is 76.7 cm³/mol. The molecule has 2 bridgehead atoms. The summed E-state index contributed by atoms with van der Waals surface area (Å²) in [7, 11) is 0. The fraction of sp³-hybridized carbons (Fsp3) is 0.467. The van der Waals surface area contributed by atoms with Crippen LogP contribution >= 0.6 is 0 Å². The van der Waals surface area contributed by atoms with Crippen LogP contribution < -0.4 is 5.32 Å². The quantitative estimate of drug-likeness (QED) is 0.935. The van der Waals surface area contributed by atoms with Crippen LogP contribution in [-0.2, 0) is 4.79 Å². The summed E-state index contributed by atoms with van der Waals surface area (Å²) in [4.78, 5) is 20.8. The van der Waals surface area contributed by atoms with Gasteiger partial charge in [0.05, 0.1) is 5.69 Å². The highest BCUT2D eigenvalue weighted by atomic mass is 16.1. The van der Waals surface area contributed by atoms with Gasteiger partial charge in [-0.3, -0.25) is 4.79 Å². The molecule has 3 atom stereocenters. The number of hydrogen-bond donors (Lipinski definition) is 1. The Morgan fingerprint density at radius 1 is 1.33 bits per heavy atom. The van der Waals surface area contributed by atoms with Crippen molar-refractivity contribution in [1.29, 1.82) is 0 Å². The van der Waals surface area contributed by atoms with Gasteiger partial charge >= 0.3 is 0 Å².